The number of carbonyl (C=O) groups is 3. The van der Waals surface area contributed by atoms with E-state index in [2.05, 4.69) is 41.4 Å². The van der Waals surface area contributed by atoms with Gasteiger partial charge in [-0.05, 0) is 61.2 Å². The molecule has 4 rings (SSSR count). The van der Waals surface area contributed by atoms with Crippen molar-refractivity contribution in [1.29, 1.82) is 0 Å². The van der Waals surface area contributed by atoms with Gasteiger partial charge in [-0.3, -0.25) is 4.79 Å². The zero-order chi connectivity index (χ0) is 28.0. The number of carboxylic acid groups (broad SMARTS) is 2. The Balaban J connectivity index is 0.000000505. The number of benzene rings is 3. The number of rotatable bonds is 5. The molecule has 1 fully saturated rings. The molecule has 10 heteroatoms. The number of aromatic carboxylic acids is 1. The van der Waals surface area contributed by atoms with E-state index in [0.29, 0.717) is 17.2 Å². The number of anilines is 2. The van der Waals surface area contributed by atoms with Crippen molar-refractivity contribution >= 4 is 29.2 Å². The molecule has 0 bridgehead atoms. The van der Waals surface area contributed by atoms with Gasteiger partial charge in [0.15, 0.2) is 0 Å². The number of carboxylic acids is 2. The molecular formula is C28H27F3N2O5. The Labute approximate surface area is 217 Å². The molecule has 3 N–H and O–H groups in total. The van der Waals surface area contributed by atoms with Crippen LogP contribution in [0.1, 0.15) is 49.7 Å². The Morgan fingerprint density at radius 3 is 2.08 bits per heavy atom. The van der Waals surface area contributed by atoms with E-state index in [0.717, 1.165) is 30.8 Å². The molecule has 0 aliphatic carbocycles. The number of aryl methyl sites for hydroxylation is 2. The number of halogens is 3. The minimum atomic E-state index is -5.08. The van der Waals surface area contributed by atoms with Crippen molar-refractivity contribution in [2.24, 2.45) is 0 Å². The molecule has 0 saturated carbocycles. The molecule has 200 valence electrons. The van der Waals surface area contributed by atoms with E-state index in [-0.39, 0.29) is 11.5 Å². The van der Waals surface area contributed by atoms with Crippen molar-refractivity contribution in [3.8, 4) is 0 Å². The Morgan fingerprint density at radius 1 is 0.895 bits per heavy atom. The van der Waals surface area contributed by atoms with E-state index >= 15 is 0 Å². The summed E-state index contributed by atoms with van der Waals surface area (Å²) < 4.78 is 31.7. The molecule has 38 heavy (non-hydrogen) atoms. The Morgan fingerprint density at radius 2 is 1.50 bits per heavy atom. The van der Waals surface area contributed by atoms with Gasteiger partial charge in [0.25, 0.3) is 5.91 Å². The highest BCUT2D eigenvalue weighted by Crippen LogP contribution is 2.34. The summed E-state index contributed by atoms with van der Waals surface area (Å²) in [6.45, 7) is 5.70. The number of hydrogen-bond acceptors (Lipinski definition) is 4. The Bertz CT molecular complexity index is 1340. The van der Waals surface area contributed by atoms with E-state index in [1.807, 2.05) is 25.1 Å². The van der Waals surface area contributed by atoms with Crippen LogP contribution in [0.25, 0.3) is 0 Å². The highest BCUT2D eigenvalue weighted by Gasteiger charge is 2.38. The van der Waals surface area contributed by atoms with Crippen molar-refractivity contribution in [2.75, 3.05) is 23.3 Å². The number of nitrogens with one attached hydrogen (secondary N) is 1. The lowest BCUT2D eigenvalue weighted by Gasteiger charge is -2.21. The maximum absolute atomic E-state index is 12.7. The minimum absolute atomic E-state index is 0.0961. The fraction of sp³-hybridized carbons (Fsp3) is 0.250. The number of carbonyl (C=O) groups excluding carboxylic acids is 1. The zero-order valence-electron chi connectivity index (χ0n) is 20.7. The third-order valence-corrected chi connectivity index (χ3v) is 6.30. The first-order valence-electron chi connectivity index (χ1n) is 11.7. The van der Waals surface area contributed by atoms with Gasteiger partial charge < -0.3 is 20.4 Å². The maximum Gasteiger partial charge on any atom is 0.490 e. The van der Waals surface area contributed by atoms with Gasteiger partial charge in [-0.15, -0.1) is 0 Å². The lowest BCUT2D eigenvalue weighted by atomic mass is 9.94. The van der Waals surface area contributed by atoms with Gasteiger partial charge in [0, 0.05) is 30.3 Å². The molecule has 1 unspecified atom stereocenters. The van der Waals surface area contributed by atoms with Crippen LogP contribution in [0.4, 0.5) is 24.5 Å². The molecule has 0 spiro atoms. The quantitative estimate of drug-likeness (QED) is 0.382. The van der Waals surface area contributed by atoms with E-state index in [1.54, 1.807) is 24.3 Å². The summed E-state index contributed by atoms with van der Waals surface area (Å²) in [7, 11) is 0. The van der Waals surface area contributed by atoms with Crippen LogP contribution >= 0.6 is 0 Å². The highest BCUT2D eigenvalue weighted by atomic mass is 19.4. The average Bonchev–Trinajstić information content (AvgIpc) is 3.34. The van der Waals surface area contributed by atoms with E-state index in [1.165, 1.54) is 11.1 Å². The van der Waals surface area contributed by atoms with Crippen molar-refractivity contribution in [3.63, 3.8) is 0 Å². The third kappa shape index (κ3) is 6.90. The molecular weight excluding hydrogens is 501 g/mol. The van der Waals surface area contributed by atoms with Gasteiger partial charge in [-0.2, -0.15) is 13.2 Å². The molecule has 7 nitrogen and oxygen atoms in total. The Hall–Kier alpha value is -4.34. The van der Waals surface area contributed by atoms with Crippen LogP contribution in [-0.4, -0.2) is 47.3 Å². The van der Waals surface area contributed by atoms with Crippen LogP contribution in [0.2, 0.25) is 0 Å². The van der Waals surface area contributed by atoms with Crippen LogP contribution < -0.4 is 10.2 Å². The SMILES string of the molecule is Cc1ccccc1C(=O)Nc1ccc(N2CCC(c3ccccc3C)C2)cc1C(=O)O.O=C(O)C(F)(F)F. The number of amides is 1. The molecule has 0 radical (unpaired) electrons. The smallest absolute Gasteiger partial charge is 0.478 e. The standard InChI is InChI=1S/C26H26N2O3.C2HF3O2/c1-17-7-3-5-9-21(17)19-13-14-28(16-19)20-11-12-24(23(15-20)26(30)31)27-25(29)22-10-6-4-8-18(22)2;3-2(4,5)1(6)7/h3-12,15,19H,13-14,16H2,1-2H3,(H,27,29)(H,30,31);(H,6,7). The minimum Gasteiger partial charge on any atom is -0.478 e. The molecule has 3 aromatic rings. The van der Waals surface area contributed by atoms with Crippen LogP contribution in [0, 0.1) is 13.8 Å². The average molecular weight is 529 g/mol. The number of alkyl halides is 3. The number of nitrogens with zero attached hydrogens (tertiary/aromatic N) is 1. The van der Waals surface area contributed by atoms with E-state index in [4.69, 9.17) is 9.90 Å². The first-order valence-corrected chi connectivity index (χ1v) is 11.7. The lowest BCUT2D eigenvalue weighted by Crippen LogP contribution is -2.21. The first kappa shape index (κ1) is 28.2. The zero-order valence-corrected chi connectivity index (χ0v) is 20.7. The molecule has 3 aromatic carbocycles. The predicted molar refractivity (Wildman–Crippen MR) is 137 cm³/mol. The number of hydrogen-bond donors (Lipinski definition) is 3. The Kier molecular flexibility index (Phi) is 8.77. The summed E-state index contributed by atoms with van der Waals surface area (Å²) in [5.41, 5.74) is 5.28. The van der Waals surface area contributed by atoms with Gasteiger partial charge in [0.2, 0.25) is 0 Å². The molecule has 1 aliphatic heterocycles. The molecule has 1 amide bonds. The van der Waals surface area contributed by atoms with Gasteiger partial charge in [-0.1, -0.05) is 42.5 Å². The van der Waals surface area contributed by atoms with Crippen LogP contribution in [0.5, 0.6) is 0 Å². The topological polar surface area (TPSA) is 107 Å². The second-order valence-electron chi connectivity index (χ2n) is 8.90. The summed E-state index contributed by atoms with van der Waals surface area (Å²) in [6, 6.07) is 20.9. The fourth-order valence-corrected chi connectivity index (χ4v) is 4.33. The second kappa shape index (κ2) is 11.8. The summed E-state index contributed by atoms with van der Waals surface area (Å²) >= 11 is 0. The molecule has 0 aromatic heterocycles. The molecule has 1 heterocycles. The summed E-state index contributed by atoms with van der Waals surface area (Å²) in [5, 5.41) is 19.7. The van der Waals surface area contributed by atoms with Crippen molar-refractivity contribution in [3.05, 3.63) is 94.5 Å². The fourth-order valence-electron chi connectivity index (χ4n) is 4.33. The largest absolute Gasteiger partial charge is 0.490 e. The second-order valence-corrected chi connectivity index (χ2v) is 8.90. The third-order valence-electron chi connectivity index (χ3n) is 6.30. The highest BCUT2D eigenvalue weighted by molar-refractivity contribution is 6.08. The van der Waals surface area contributed by atoms with Gasteiger partial charge in [0.05, 0.1) is 11.3 Å². The molecule has 1 saturated heterocycles. The van der Waals surface area contributed by atoms with Crippen molar-refractivity contribution < 1.29 is 37.8 Å². The molecule has 1 atom stereocenters. The molecule has 1 aliphatic rings. The van der Waals surface area contributed by atoms with Crippen molar-refractivity contribution in [1.82, 2.24) is 0 Å². The predicted octanol–water partition coefficient (Wildman–Crippen LogP) is 5.88. The van der Waals surface area contributed by atoms with Gasteiger partial charge >= 0.3 is 18.1 Å². The summed E-state index contributed by atoms with van der Waals surface area (Å²) in [6.07, 6.45) is -4.06. The summed E-state index contributed by atoms with van der Waals surface area (Å²) in [4.78, 5) is 35.7. The van der Waals surface area contributed by atoms with Crippen LogP contribution in [0.3, 0.4) is 0 Å². The maximum atomic E-state index is 12.7. The number of aliphatic carboxylic acids is 1. The van der Waals surface area contributed by atoms with Crippen LogP contribution in [-0.2, 0) is 4.79 Å². The summed E-state index contributed by atoms with van der Waals surface area (Å²) in [5.74, 6) is -3.70. The van der Waals surface area contributed by atoms with Gasteiger partial charge in [-0.25, -0.2) is 9.59 Å². The monoisotopic (exact) mass is 528 g/mol. The van der Waals surface area contributed by atoms with Crippen molar-refractivity contribution in [2.45, 2.75) is 32.4 Å². The lowest BCUT2D eigenvalue weighted by molar-refractivity contribution is -0.192. The van der Waals surface area contributed by atoms with Gasteiger partial charge in [0.1, 0.15) is 0 Å². The normalized spacial score (nSPS) is 14.9. The van der Waals surface area contributed by atoms with E-state index < -0.39 is 18.1 Å². The first-order chi connectivity index (χ1) is 17.9. The van der Waals surface area contributed by atoms with Crippen LogP contribution in [0.15, 0.2) is 66.7 Å². The van der Waals surface area contributed by atoms with E-state index in [9.17, 15) is 27.9 Å².